The zero-order valence-corrected chi connectivity index (χ0v) is 17.3. The van der Waals surface area contributed by atoms with Crippen LogP contribution < -0.4 is 14.2 Å². The summed E-state index contributed by atoms with van der Waals surface area (Å²) in [5.41, 5.74) is 4.15. The van der Waals surface area contributed by atoms with Crippen molar-refractivity contribution in [3.63, 3.8) is 0 Å². The first-order valence-corrected chi connectivity index (χ1v) is 9.92. The summed E-state index contributed by atoms with van der Waals surface area (Å²) in [6.07, 6.45) is 6.02. The molecule has 10 heteroatoms. The fourth-order valence-corrected chi connectivity index (χ4v) is 3.93. The van der Waals surface area contributed by atoms with Crippen LogP contribution in [0.4, 0.5) is 8.78 Å². The van der Waals surface area contributed by atoms with Crippen LogP contribution in [0.5, 0.6) is 17.6 Å². The average Bonchev–Trinajstić information content (AvgIpc) is 3.46. The van der Waals surface area contributed by atoms with Gasteiger partial charge in [-0.3, -0.25) is 0 Å². The van der Waals surface area contributed by atoms with Crippen LogP contribution in [-0.2, 0) is 0 Å². The van der Waals surface area contributed by atoms with Crippen LogP contribution in [0.15, 0.2) is 48.9 Å². The molecule has 0 radical (unpaired) electrons. The van der Waals surface area contributed by atoms with Crippen LogP contribution in [-0.4, -0.2) is 45.4 Å². The molecule has 1 fully saturated rings. The average molecular weight is 439 g/mol. The molecule has 0 unspecified atom stereocenters. The SMILES string of the molecule is COc1ncc(-c2cc([C@H]3C[C@@H]3c3ccc(OC(F)F)cc3)c3nccn3n2)c(OC)n1. The highest BCUT2D eigenvalue weighted by Gasteiger charge is 2.41. The molecule has 2 atom stereocenters. The van der Waals surface area contributed by atoms with E-state index in [1.54, 1.807) is 35.2 Å². The Morgan fingerprint density at radius 1 is 1.06 bits per heavy atom. The Kier molecular flexibility index (Phi) is 5.04. The minimum atomic E-state index is -2.84. The van der Waals surface area contributed by atoms with Gasteiger partial charge in [0.2, 0.25) is 5.88 Å². The third kappa shape index (κ3) is 3.68. The third-order valence-corrected chi connectivity index (χ3v) is 5.49. The lowest BCUT2D eigenvalue weighted by Gasteiger charge is -2.11. The molecule has 3 aromatic heterocycles. The van der Waals surface area contributed by atoms with E-state index >= 15 is 0 Å². The molecule has 1 aliphatic carbocycles. The van der Waals surface area contributed by atoms with E-state index in [2.05, 4.69) is 24.8 Å². The topological polar surface area (TPSA) is 83.7 Å². The molecule has 32 heavy (non-hydrogen) atoms. The van der Waals surface area contributed by atoms with Gasteiger partial charge in [-0.2, -0.15) is 18.9 Å². The van der Waals surface area contributed by atoms with Crippen molar-refractivity contribution in [1.82, 2.24) is 24.6 Å². The van der Waals surface area contributed by atoms with Gasteiger partial charge in [-0.25, -0.2) is 14.5 Å². The Balaban J connectivity index is 1.49. The Hall–Kier alpha value is -3.82. The first-order chi connectivity index (χ1) is 15.6. The summed E-state index contributed by atoms with van der Waals surface area (Å²) in [5, 5.41) is 4.64. The van der Waals surface area contributed by atoms with Crippen molar-refractivity contribution < 1.29 is 23.0 Å². The number of hydrogen-bond acceptors (Lipinski definition) is 7. The molecule has 0 amide bonds. The van der Waals surface area contributed by atoms with Gasteiger partial charge in [0.25, 0.3) is 0 Å². The summed E-state index contributed by atoms with van der Waals surface area (Å²) >= 11 is 0. The van der Waals surface area contributed by atoms with E-state index in [1.165, 1.54) is 14.2 Å². The Morgan fingerprint density at radius 2 is 1.88 bits per heavy atom. The summed E-state index contributed by atoms with van der Waals surface area (Å²) in [7, 11) is 3.02. The second-order valence-electron chi connectivity index (χ2n) is 7.36. The van der Waals surface area contributed by atoms with Crippen LogP contribution in [0.1, 0.15) is 29.4 Å². The molecule has 0 aliphatic heterocycles. The lowest BCUT2D eigenvalue weighted by Crippen LogP contribution is -2.03. The number of halogens is 2. The fraction of sp³-hybridized carbons (Fsp3) is 0.273. The molecule has 8 nitrogen and oxygen atoms in total. The van der Waals surface area contributed by atoms with Gasteiger partial charge in [-0.05, 0) is 42.0 Å². The standard InChI is InChI=1S/C22H19F2N5O3/c1-30-20-17(11-26-22(27-20)31-2)18-10-16(19-25-7-8-29(19)28-18)15-9-14(15)12-3-5-13(6-4-12)32-21(23)24/h3-8,10-11,14-15,21H,9H2,1-2H3/t14-,15+/m1/s1. The number of benzene rings is 1. The number of alkyl halides is 2. The highest BCUT2D eigenvalue weighted by Crippen LogP contribution is 2.56. The van der Waals surface area contributed by atoms with Crippen molar-refractivity contribution in [2.24, 2.45) is 0 Å². The van der Waals surface area contributed by atoms with Gasteiger partial charge in [0.15, 0.2) is 5.65 Å². The molecular formula is C22H19F2N5O3. The molecule has 3 heterocycles. The van der Waals surface area contributed by atoms with Crippen LogP contribution in [0, 0.1) is 0 Å². The molecule has 1 saturated carbocycles. The molecule has 5 rings (SSSR count). The second kappa shape index (κ2) is 8.03. The molecule has 4 aromatic rings. The molecule has 0 saturated heterocycles. The van der Waals surface area contributed by atoms with E-state index in [-0.39, 0.29) is 23.6 Å². The first-order valence-electron chi connectivity index (χ1n) is 9.92. The third-order valence-electron chi connectivity index (χ3n) is 5.49. The molecular weight excluding hydrogens is 420 g/mol. The van der Waals surface area contributed by atoms with Crippen LogP contribution in [0.3, 0.4) is 0 Å². The maximum atomic E-state index is 12.4. The maximum Gasteiger partial charge on any atom is 0.387 e. The smallest absolute Gasteiger partial charge is 0.387 e. The number of ether oxygens (including phenoxy) is 3. The fourth-order valence-electron chi connectivity index (χ4n) is 3.93. The molecule has 164 valence electrons. The number of fused-ring (bicyclic) bond motifs is 1. The molecule has 1 aromatic carbocycles. The van der Waals surface area contributed by atoms with E-state index in [9.17, 15) is 8.78 Å². The summed E-state index contributed by atoms with van der Waals surface area (Å²) in [6.45, 7) is -2.84. The predicted molar refractivity (Wildman–Crippen MR) is 110 cm³/mol. The molecule has 0 spiro atoms. The molecule has 1 aliphatic rings. The zero-order chi connectivity index (χ0) is 22.2. The van der Waals surface area contributed by atoms with Crippen molar-refractivity contribution in [3.8, 4) is 28.9 Å². The number of aromatic nitrogens is 5. The minimum absolute atomic E-state index is 0.148. The van der Waals surface area contributed by atoms with E-state index in [0.717, 1.165) is 23.2 Å². The van der Waals surface area contributed by atoms with Crippen LogP contribution in [0.25, 0.3) is 16.9 Å². The first kappa shape index (κ1) is 20.1. The van der Waals surface area contributed by atoms with Crippen molar-refractivity contribution in [1.29, 1.82) is 0 Å². The second-order valence-corrected chi connectivity index (χ2v) is 7.36. The van der Waals surface area contributed by atoms with E-state index in [1.807, 2.05) is 18.2 Å². The lowest BCUT2D eigenvalue weighted by atomic mass is 10.0. The summed E-state index contributed by atoms with van der Waals surface area (Å²) < 4.78 is 41.5. The van der Waals surface area contributed by atoms with E-state index in [4.69, 9.17) is 9.47 Å². The van der Waals surface area contributed by atoms with Crippen molar-refractivity contribution >= 4 is 5.65 Å². The highest BCUT2D eigenvalue weighted by atomic mass is 19.3. The van der Waals surface area contributed by atoms with Crippen LogP contribution in [0.2, 0.25) is 0 Å². The Morgan fingerprint density at radius 3 is 2.59 bits per heavy atom. The minimum Gasteiger partial charge on any atom is -0.480 e. The van der Waals surface area contributed by atoms with Gasteiger partial charge in [0, 0.05) is 24.2 Å². The highest BCUT2D eigenvalue weighted by molar-refractivity contribution is 5.68. The van der Waals surface area contributed by atoms with Gasteiger partial charge >= 0.3 is 12.6 Å². The number of methoxy groups -OCH3 is 2. The molecule has 0 bridgehead atoms. The van der Waals surface area contributed by atoms with Crippen molar-refractivity contribution in [3.05, 3.63) is 60.0 Å². The summed E-state index contributed by atoms with van der Waals surface area (Å²) in [5.74, 6) is 0.972. The van der Waals surface area contributed by atoms with Crippen molar-refractivity contribution in [2.45, 2.75) is 24.9 Å². The number of rotatable bonds is 7. The Labute approximate surface area is 181 Å². The quantitative estimate of drug-likeness (QED) is 0.429. The predicted octanol–water partition coefficient (Wildman–Crippen LogP) is 4.08. The van der Waals surface area contributed by atoms with E-state index < -0.39 is 6.61 Å². The number of nitrogens with zero attached hydrogens (tertiary/aromatic N) is 5. The lowest BCUT2D eigenvalue weighted by molar-refractivity contribution is -0.0498. The van der Waals surface area contributed by atoms with Gasteiger partial charge in [-0.1, -0.05) is 12.1 Å². The summed E-state index contributed by atoms with van der Waals surface area (Å²) in [4.78, 5) is 12.9. The number of imidazole rings is 1. The monoisotopic (exact) mass is 439 g/mol. The number of hydrogen-bond donors (Lipinski definition) is 0. The Bertz CT molecular complexity index is 1260. The summed E-state index contributed by atoms with van der Waals surface area (Å²) in [6, 6.07) is 8.98. The van der Waals surface area contributed by atoms with Gasteiger partial charge in [-0.15, -0.1) is 0 Å². The maximum absolute atomic E-state index is 12.4. The normalized spacial score (nSPS) is 17.5. The van der Waals surface area contributed by atoms with Gasteiger partial charge < -0.3 is 14.2 Å². The largest absolute Gasteiger partial charge is 0.480 e. The van der Waals surface area contributed by atoms with Gasteiger partial charge in [0.1, 0.15) is 5.75 Å². The van der Waals surface area contributed by atoms with Gasteiger partial charge in [0.05, 0.1) is 25.5 Å². The van der Waals surface area contributed by atoms with Crippen molar-refractivity contribution in [2.75, 3.05) is 14.2 Å². The van der Waals surface area contributed by atoms with E-state index in [0.29, 0.717) is 17.1 Å². The molecule has 0 N–H and O–H groups in total. The van der Waals surface area contributed by atoms with Crippen LogP contribution >= 0.6 is 0 Å². The zero-order valence-electron chi connectivity index (χ0n) is 17.3.